The Bertz CT molecular complexity index is 552. The van der Waals surface area contributed by atoms with Crippen molar-refractivity contribution in [2.24, 2.45) is 0 Å². The molecule has 0 bridgehead atoms. The van der Waals surface area contributed by atoms with E-state index in [1.54, 1.807) is 18.2 Å². The molecular formula is C13H13N3O2. The predicted molar refractivity (Wildman–Crippen MR) is 67.7 cm³/mol. The molecule has 0 spiro atoms. The molecule has 0 radical (unpaired) electrons. The molecule has 0 aliphatic heterocycles. The van der Waals surface area contributed by atoms with Crippen molar-refractivity contribution in [3.8, 4) is 5.88 Å². The zero-order valence-corrected chi connectivity index (χ0v) is 10.2. The highest BCUT2D eigenvalue weighted by atomic mass is 16.5. The molecule has 2 aromatic rings. The highest BCUT2D eigenvalue weighted by Crippen LogP contribution is 2.09. The molecule has 0 aromatic carbocycles. The Hall–Kier alpha value is -2.43. The lowest BCUT2D eigenvalue weighted by Crippen LogP contribution is -2.13. The first-order valence-electron chi connectivity index (χ1n) is 5.44. The number of aromatic nitrogens is 2. The lowest BCUT2D eigenvalue weighted by molar-refractivity contribution is 0.102. The number of methoxy groups -OCH3 is 1. The van der Waals surface area contributed by atoms with Crippen LogP contribution in [0.4, 0.5) is 5.82 Å². The predicted octanol–water partition coefficient (Wildman–Crippen LogP) is 2.05. The number of nitrogens with one attached hydrogen (secondary N) is 1. The second-order valence-electron chi connectivity index (χ2n) is 3.71. The van der Waals surface area contributed by atoms with Gasteiger partial charge in [0.05, 0.1) is 12.7 Å². The molecule has 0 fully saturated rings. The van der Waals surface area contributed by atoms with Crippen LogP contribution in [0.25, 0.3) is 0 Å². The third-order valence-electron chi connectivity index (χ3n) is 2.34. The van der Waals surface area contributed by atoms with Gasteiger partial charge in [-0.25, -0.2) is 9.97 Å². The number of nitrogens with zero attached hydrogens (tertiary/aromatic N) is 2. The molecule has 5 heteroatoms. The molecule has 0 aliphatic carbocycles. The number of carbonyl (C=O) groups excluding carboxylic acids is 1. The van der Waals surface area contributed by atoms with Gasteiger partial charge in [-0.15, -0.1) is 0 Å². The average Bonchev–Trinajstić information content (AvgIpc) is 2.39. The van der Waals surface area contributed by atoms with Crippen LogP contribution in [-0.2, 0) is 0 Å². The first-order chi connectivity index (χ1) is 8.69. The number of anilines is 1. The maximum Gasteiger partial charge on any atom is 0.258 e. The van der Waals surface area contributed by atoms with Crippen LogP contribution >= 0.6 is 0 Å². The van der Waals surface area contributed by atoms with Gasteiger partial charge >= 0.3 is 0 Å². The highest BCUT2D eigenvalue weighted by molar-refractivity contribution is 6.03. The van der Waals surface area contributed by atoms with Gasteiger partial charge in [0, 0.05) is 18.0 Å². The van der Waals surface area contributed by atoms with Crippen molar-refractivity contribution in [3.63, 3.8) is 0 Å². The van der Waals surface area contributed by atoms with E-state index in [1.165, 1.54) is 13.3 Å². The first kappa shape index (κ1) is 12.0. The normalized spacial score (nSPS) is 9.89. The summed E-state index contributed by atoms with van der Waals surface area (Å²) in [4.78, 5) is 20.1. The number of hydrogen-bond acceptors (Lipinski definition) is 4. The molecule has 18 heavy (non-hydrogen) atoms. The zero-order valence-electron chi connectivity index (χ0n) is 10.2. The van der Waals surface area contributed by atoms with Gasteiger partial charge in [0.25, 0.3) is 5.91 Å². The number of amides is 1. The molecule has 0 atom stereocenters. The third kappa shape index (κ3) is 2.82. The Morgan fingerprint density at radius 3 is 2.72 bits per heavy atom. The summed E-state index contributed by atoms with van der Waals surface area (Å²) >= 11 is 0. The van der Waals surface area contributed by atoms with E-state index in [4.69, 9.17) is 4.74 Å². The third-order valence-corrected chi connectivity index (χ3v) is 2.34. The Morgan fingerprint density at radius 1 is 1.28 bits per heavy atom. The van der Waals surface area contributed by atoms with Crippen LogP contribution in [0.3, 0.4) is 0 Å². The van der Waals surface area contributed by atoms with E-state index in [2.05, 4.69) is 15.3 Å². The van der Waals surface area contributed by atoms with Crippen molar-refractivity contribution in [1.82, 2.24) is 9.97 Å². The standard InChI is InChI=1S/C13H13N3O2/c1-9-4-3-5-11(15-9)16-13(17)10-6-7-12(18-2)14-8-10/h3-8H,1-2H3,(H,15,16,17). The van der Waals surface area contributed by atoms with Gasteiger partial charge in [-0.3, -0.25) is 4.79 Å². The van der Waals surface area contributed by atoms with Crippen molar-refractivity contribution in [1.29, 1.82) is 0 Å². The summed E-state index contributed by atoms with van der Waals surface area (Å²) in [5.41, 5.74) is 1.31. The first-order valence-corrected chi connectivity index (χ1v) is 5.44. The Balaban J connectivity index is 2.11. The van der Waals surface area contributed by atoms with Crippen molar-refractivity contribution in [2.45, 2.75) is 6.92 Å². The van der Waals surface area contributed by atoms with E-state index in [9.17, 15) is 4.79 Å². The zero-order chi connectivity index (χ0) is 13.0. The van der Waals surface area contributed by atoms with E-state index in [0.717, 1.165) is 5.69 Å². The van der Waals surface area contributed by atoms with Crippen molar-refractivity contribution in [3.05, 3.63) is 47.8 Å². The summed E-state index contributed by atoms with van der Waals surface area (Å²) < 4.78 is 4.93. The number of hydrogen-bond donors (Lipinski definition) is 1. The smallest absolute Gasteiger partial charge is 0.258 e. The highest BCUT2D eigenvalue weighted by Gasteiger charge is 2.07. The maximum atomic E-state index is 11.9. The largest absolute Gasteiger partial charge is 0.481 e. The average molecular weight is 243 g/mol. The number of ether oxygens (including phenoxy) is 1. The van der Waals surface area contributed by atoms with Crippen molar-refractivity contribution < 1.29 is 9.53 Å². The molecule has 5 nitrogen and oxygen atoms in total. The van der Waals surface area contributed by atoms with Crippen LogP contribution in [0, 0.1) is 6.92 Å². The van der Waals surface area contributed by atoms with E-state index < -0.39 is 0 Å². The van der Waals surface area contributed by atoms with Gasteiger partial charge < -0.3 is 10.1 Å². The molecule has 1 N–H and O–H groups in total. The fourth-order valence-corrected chi connectivity index (χ4v) is 1.44. The monoisotopic (exact) mass is 243 g/mol. The molecule has 0 aliphatic rings. The Morgan fingerprint density at radius 2 is 2.11 bits per heavy atom. The van der Waals surface area contributed by atoms with E-state index in [-0.39, 0.29) is 5.91 Å². The van der Waals surface area contributed by atoms with Crippen molar-refractivity contribution >= 4 is 11.7 Å². The summed E-state index contributed by atoms with van der Waals surface area (Å²) in [6, 6.07) is 8.73. The topological polar surface area (TPSA) is 64.1 Å². The fourth-order valence-electron chi connectivity index (χ4n) is 1.44. The van der Waals surface area contributed by atoms with Crippen LogP contribution in [0.5, 0.6) is 5.88 Å². The minimum atomic E-state index is -0.247. The van der Waals surface area contributed by atoms with E-state index >= 15 is 0 Å². The summed E-state index contributed by atoms with van der Waals surface area (Å²) in [6.07, 6.45) is 1.46. The van der Waals surface area contributed by atoms with Gasteiger partial charge in [0.15, 0.2) is 0 Å². The van der Waals surface area contributed by atoms with Gasteiger partial charge in [-0.2, -0.15) is 0 Å². The number of pyridine rings is 2. The summed E-state index contributed by atoms with van der Waals surface area (Å²) in [6.45, 7) is 1.87. The van der Waals surface area contributed by atoms with Gasteiger partial charge in [-0.1, -0.05) is 6.07 Å². The summed E-state index contributed by atoms with van der Waals surface area (Å²) in [5, 5.41) is 2.71. The minimum absolute atomic E-state index is 0.247. The summed E-state index contributed by atoms with van der Waals surface area (Å²) in [5.74, 6) is 0.749. The Labute approximate surface area is 105 Å². The van der Waals surface area contributed by atoms with Gasteiger partial charge in [-0.05, 0) is 25.1 Å². The second kappa shape index (κ2) is 5.27. The number of rotatable bonds is 3. The second-order valence-corrected chi connectivity index (χ2v) is 3.71. The fraction of sp³-hybridized carbons (Fsp3) is 0.154. The summed E-state index contributed by atoms with van der Waals surface area (Å²) in [7, 11) is 1.53. The SMILES string of the molecule is COc1ccc(C(=O)Nc2cccc(C)n2)cn1. The van der Waals surface area contributed by atoms with Crippen LogP contribution in [-0.4, -0.2) is 23.0 Å². The van der Waals surface area contributed by atoms with Crippen LogP contribution in [0.2, 0.25) is 0 Å². The maximum absolute atomic E-state index is 11.9. The molecule has 1 amide bonds. The lowest BCUT2D eigenvalue weighted by atomic mass is 10.2. The quantitative estimate of drug-likeness (QED) is 0.896. The van der Waals surface area contributed by atoms with Gasteiger partial charge in [0.1, 0.15) is 5.82 Å². The van der Waals surface area contributed by atoms with Gasteiger partial charge in [0.2, 0.25) is 5.88 Å². The van der Waals surface area contributed by atoms with Crippen molar-refractivity contribution in [2.75, 3.05) is 12.4 Å². The lowest BCUT2D eigenvalue weighted by Gasteiger charge is -2.05. The minimum Gasteiger partial charge on any atom is -0.481 e. The Kier molecular flexibility index (Phi) is 3.52. The molecule has 0 saturated heterocycles. The number of aryl methyl sites for hydroxylation is 1. The molecular weight excluding hydrogens is 230 g/mol. The molecule has 0 saturated carbocycles. The molecule has 0 unspecified atom stereocenters. The molecule has 92 valence electrons. The van der Waals surface area contributed by atoms with E-state index in [0.29, 0.717) is 17.3 Å². The number of carbonyl (C=O) groups is 1. The van der Waals surface area contributed by atoms with Crippen LogP contribution in [0.1, 0.15) is 16.1 Å². The van der Waals surface area contributed by atoms with Crippen LogP contribution < -0.4 is 10.1 Å². The molecule has 2 rings (SSSR count). The molecule has 2 heterocycles. The van der Waals surface area contributed by atoms with E-state index in [1.807, 2.05) is 19.1 Å². The van der Waals surface area contributed by atoms with Crippen LogP contribution in [0.15, 0.2) is 36.5 Å². The molecule has 2 aromatic heterocycles.